The van der Waals surface area contributed by atoms with Gasteiger partial charge < -0.3 is 9.84 Å². The summed E-state index contributed by atoms with van der Waals surface area (Å²) in [5.41, 5.74) is -0.0288. The summed E-state index contributed by atoms with van der Waals surface area (Å²) in [6.45, 7) is 1.84. The molecule has 1 aliphatic rings. The molecule has 2 rings (SSSR count). The van der Waals surface area contributed by atoms with Crippen molar-refractivity contribution in [3.05, 3.63) is 11.9 Å². The first-order valence-electron chi connectivity index (χ1n) is 4.86. The average molecular weight is 196 g/mol. The first kappa shape index (κ1) is 9.52. The van der Waals surface area contributed by atoms with E-state index in [0.717, 1.165) is 18.5 Å². The molecular weight excluding hydrogens is 180 g/mol. The van der Waals surface area contributed by atoms with Crippen molar-refractivity contribution in [1.82, 2.24) is 9.78 Å². The first-order chi connectivity index (χ1) is 6.57. The Balaban J connectivity index is 2.42. The van der Waals surface area contributed by atoms with Crippen LogP contribution >= 0.6 is 0 Å². The summed E-state index contributed by atoms with van der Waals surface area (Å²) in [7, 11) is 3.43. The van der Waals surface area contributed by atoms with E-state index in [2.05, 4.69) is 5.10 Å². The van der Waals surface area contributed by atoms with Gasteiger partial charge in [0.1, 0.15) is 11.3 Å². The lowest BCUT2D eigenvalue weighted by molar-refractivity contribution is 0.0225. The highest BCUT2D eigenvalue weighted by molar-refractivity contribution is 5.31. The second kappa shape index (κ2) is 2.98. The largest absolute Gasteiger partial charge is 0.493 e. The van der Waals surface area contributed by atoms with Crippen molar-refractivity contribution in [2.45, 2.75) is 25.4 Å². The average Bonchev–Trinajstić information content (AvgIpc) is 2.90. The van der Waals surface area contributed by atoms with Crippen molar-refractivity contribution in [2.75, 3.05) is 7.11 Å². The number of methoxy groups -OCH3 is 1. The van der Waals surface area contributed by atoms with Crippen LogP contribution in [0, 0.1) is 5.92 Å². The molecule has 1 heterocycles. The van der Waals surface area contributed by atoms with Crippen LogP contribution < -0.4 is 4.74 Å². The second-order valence-corrected chi connectivity index (χ2v) is 4.11. The number of aliphatic hydroxyl groups is 1. The van der Waals surface area contributed by atoms with E-state index < -0.39 is 5.60 Å². The van der Waals surface area contributed by atoms with Crippen LogP contribution in [0.25, 0.3) is 0 Å². The third-order valence-corrected chi connectivity index (χ3v) is 2.98. The van der Waals surface area contributed by atoms with Gasteiger partial charge in [0.2, 0.25) is 0 Å². The van der Waals surface area contributed by atoms with Gasteiger partial charge in [-0.2, -0.15) is 5.10 Å². The highest BCUT2D eigenvalue weighted by atomic mass is 16.5. The molecule has 0 saturated heterocycles. The van der Waals surface area contributed by atoms with Crippen LogP contribution in [-0.4, -0.2) is 22.0 Å². The maximum Gasteiger partial charge on any atom is 0.162 e. The Morgan fingerprint density at radius 3 is 2.79 bits per heavy atom. The van der Waals surface area contributed by atoms with E-state index in [1.807, 2.05) is 14.0 Å². The fourth-order valence-electron chi connectivity index (χ4n) is 1.98. The Hall–Kier alpha value is -1.03. The van der Waals surface area contributed by atoms with Gasteiger partial charge in [-0.1, -0.05) is 0 Å². The van der Waals surface area contributed by atoms with Crippen LogP contribution in [0.15, 0.2) is 6.20 Å². The smallest absolute Gasteiger partial charge is 0.162 e. The van der Waals surface area contributed by atoms with Gasteiger partial charge in [0.05, 0.1) is 13.3 Å². The molecule has 0 radical (unpaired) electrons. The normalized spacial score (nSPS) is 20.6. The van der Waals surface area contributed by atoms with Gasteiger partial charge in [0, 0.05) is 7.05 Å². The zero-order valence-corrected chi connectivity index (χ0v) is 8.82. The number of rotatable bonds is 3. The van der Waals surface area contributed by atoms with Gasteiger partial charge in [-0.3, -0.25) is 4.68 Å². The minimum Gasteiger partial charge on any atom is -0.493 e. The van der Waals surface area contributed by atoms with Crippen LogP contribution in [-0.2, 0) is 12.6 Å². The monoisotopic (exact) mass is 196 g/mol. The van der Waals surface area contributed by atoms with E-state index in [-0.39, 0.29) is 0 Å². The second-order valence-electron chi connectivity index (χ2n) is 4.11. The molecule has 1 unspecified atom stereocenters. The highest BCUT2D eigenvalue weighted by Crippen LogP contribution is 2.47. The van der Waals surface area contributed by atoms with Crippen molar-refractivity contribution in [2.24, 2.45) is 13.0 Å². The molecule has 14 heavy (non-hydrogen) atoms. The van der Waals surface area contributed by atoms with Crippen LogP contribution in [0.5, 0.6) is 5.75 Å². The fourth-order valence-corrected chi connectivity index (χ4v) is 1.98. The molecular formula is C10H16N2O2. The molecule has 1 aromatic heterocycles. The number of aromatic nitrogens is 2. The van der Waals surface area contributed by atoms with Gasteiger partial charge in [0.25, 0.3) is 0 Å². The lowest BCUT2D eigenvalue weighted by atomic mass is 9.95. The molecule has 1 fully saturated rings. The van der Waals surface area contributed by atoms with E-state index in [9.17, 15) is 5.11 Å². The lowest BCUT2D eigenvalue weighted by Gasteiger charge is -2.24. The Labute approximate surface area is 83.5 Å². The van der Waals surface area contributed by atoms with E-state index in [1.54, 1.807) is 18.0 Å². The third-order valence-electron chi connectivity index (χ3n) is 2.98. The lowest BCUT2D eigenvalue weighted by Crippen LogP contribution is -2.27. The van der Waals surface area contributed by atoms with E-state index in [4.69, 9.17) is 4.74 Å². The van der Waals surface area contributed by atoms with Crippen LogP contribution in [0.1, 0.15) is 25.5 Å². The summed E-state index contributed by atoms with van der Waals surface area (Å²) >= 11 is 0. The summed E-state index contributed by atoms with van der Waals surface area (Å²) < 4.78 is 6.88. The Morgan fingerprint density at radius 1 is 1.64 bits per heavy atom. The van der Waals surface area contributed by atoms with Crippen molar-refractivity contribution >= 4 is 0 Å². The molecule has 0 aromatic carbocycles. The van der Waals surface area contributed by atoms with Gasteiger partial charge in [0.15, 0.2) is 5.75 Å². The molecule has 78 valence electrons. The standard InChI is InChI=1S/C10H16N2O2/c1-10(13,7-4-5-7)9-8(14-3)6-11-12(9)2/h6-7,13H,4-5H2,1-3H3. The fraction of sp³-hybridized carbons (Fsp3) is 0.700. The van der Waals surface area contributed by atoms with Gasteiger partial charge in [-0.15, -0.1) is 0 Å². The number of hydrogen-bond donors (Lipinski definition) is 1. The molecule has 1 atom stereocenters. The van der Waals surface area contributed by atoms with E-state index in [0.29, 0.717) is 11.7 Å². The summed E-state index contributed by atoms with van der Waals surface area (Å²) in [6.07, 6.45) is 3.81. The van der Waals surface area contributed by atoms with Crippen molar-refractivity contribution in [1.29, 1.82) is 0 Å². The van der Waals surface area contributed by atoms with Crippen molar-refractivity contribution in [3.63, 3.8) is 0 Å². The van der Waals surface area contributed by atoms with Gasteiger partial charge in [-0.05, 0) is 25.7 Å². The quantitative estimate of drug-likeness (QED) is 0.786. The maximum absolute atomic E-state index is 10.4. The molecule has 1 saturated carbocycles. The SMILES string of the molecule is COc1cnn(C)c1C(C)(O)C1CC1. The van der Waals surface area contributed by atoms with Crippen LogP contribution in [0.2, 0.25) is 0 Å². The summed E-state index contributed by atoms with van der Waals surface area (Å²) in [5, 5.41) is 14.5. The van der Waals surface area contributed by atoms with E-state index in [1.165, 1.54) is 0 Å². The van der Waals surface area contributed by atoms with Crippen LogP contribution in [0.4, 0.5) is 0 Å². The zero-order chi connectivity index (χ0) is 10.3. The zero-order valence-electron chi connectivity index (χ0n) is 8.82. The summed E-state index contributed by atoms with van der Waals surface area (Å²) in [4.78, 5) is 0. The Kier molecular flexibility index (Phi) is 2.03. The maximum atomic E-state index is 10.4. The predicted octanol–water partition coefficient (Wildman–Crippen LogP) is 1.05. The minimum absolute atomic E-state index is 0.354. The van der Waals surface area contributed by atoms with Crippen LogP contribution in [0.3, 0.4) is 0 Å². The molecule has 0 amide bonds. The topological polar surface area (TPSA) is 47.3 Å². The highest BCUT2D eigenvalue weighted by Gasteiger charge is 2.44. The van der Waals surface area contributed by atoms with Gasteiger partial charge >= 0.3 is 0 Å². The molecule has 0 spiro atoms. The molecule has 4 nitrogen and oxygen atoms in total. The predicted molar refractivity (Wildman–Crippen MR) is 52.1 cm³/mol. The molecule has 0 bridgehead atoms. The summed E-state index contributed by atoms with van der Waals surface area (Å²) in [5.74, 6) is 1.02. The molecule has 1 aromatic rings. The number of aryl methyl sites for hydroxylation is 1. The molecule has 0 aliphatic heterocycles. The van der Waals surface area contributed by atoms with Crippen molar-refractivity contribution < 1.29 is 9.84 Å². The van der Waals surface area contributed by atoms with Crippen molar-refractivity contribution in [3.8, 4) is 5.75 Å². The summed E-state index contributed by atoms with van der Waals surface area (Å²) in [6, 6.07) is 0. The number of hydrogen-bond acceptors (Lipinski definition) is 3. The molecule has 4 heteroatoms. The third kappa shape index (κ3) is 1.30. The molecule has 1 N–H and O–H groups in total. The van der Waals surface area contributed by atoms with E-state index >= 15 is 0 Å². The minimum atomic E-state index is -0.809. The Bertz CT molecular complexity index is 340. The first-order valence-corrected chi connectivity index (χ1v) is 4.86. The van der Waals surface area contributed by atoms with Gasteiger partial charge in [-0.25, -0.2) is 0 Å². The molecule has 1 aliphatic carbocycles. The Morgan fingerprint density at radius 2 is 2.29 bits per heavy atom. The number of ether oxygens (including phenoxy) is 1. The number of nitrogens with zero attached hydrogens (tertiary/aromatic N) is 2.